The van der Waals surface area contributed by atoms with Crippen LogP contribution in [0.2, 0.25) is 0 Å². The van der Waals surface area contributed by atoms with Crippen LogP contribution in [-0.2, 0) is 6.18 Å². The van der Waals surface area contributed by atoms with Crippen molar-refractivity contribution in [2.24, 2.45) is 0 Å². The normalized spacial score (nSPS) is 11.8. The second-order valence-corrected chi connectivity index (χ2v) is 7.61. The highest BCUT2D eigenvalue weighted by atomic mass is 19.4. The third kappa shape index (κ3) is 3.55. The maximum atomic E-state index is 13.7. The van der Waals surface area contributed by atoms with Crippen molar-refractivity contribution in [2.75, 3.05) is 7.11 Å². The topological polar surface area (TPSA) is 63.1 Å². The Hall–Kier alpha value is -4.27. The van der Waals surface area contributed by atoms with Crippen LogP contribution in [0.5, 0.6) is 11.6 Å². The number of rotatable bonds is 4. The Morgan fingerprint density at radius 3 is 2.09 bits per heavy atom. The largest absolute Gasteiger partial charge is 0.497 e. The SMILES string of the molecule is COc1ccc(-c2n[nH]c3c(O)n(-c4ccc(C(F)(F)F)cc4)c(-c4ccc(F)cc4)c23)cc1. The van der Waals surface area contributed by atoms with E-state index in [0.717, 1.165) is 17.7 Å². The third-order valence-electron chi connectivity index (χ3n) is 5.60. The minimum atomic E-state index is -4.49. The number of benzene rings is 3. The first-order chi connectivity index (χ1) is 16.3. The fourth-order valence-corrected chi connectivity index (χ4v) is 3.95. The molecule has 0 bridgehead atoms. The summed E-state index contributed by atoms with van der Waals surface area (Å²) < 4.78 is 59.5. The lowest BCUT2D eigenvalue weighted by molar-refractivity contribution is -0.137. The molecular formula is C25H17F4N3O2. The van der Waals surface area contributed by atoms with Crippen LogP contribution in [0.3, 0.4) is 0 Å². The lowest BCUT2D eigenvalue weighted by atomic mass is 10.0. The highest BCUT2D eigenvalue weighted by Gasteiger charge is 2.31. The lowest BCUT2D eigenvalue weighted by Crippen LogP contribution is -2.05. The van der Waals surface area contributed by atoms with Crippen molar-refractivity contribution in [1.29, 1.82) is 0 Å². The summed E-state index contributed by atoms with van der Waals surface area (Å²) in [4.78, 5) is 0. The Bertz CT molecular complexity index is 1470. The number of hydrogen-bond donors (Lipinski definition) is 2. The summed E-state index contributed by atoms with van der Waals surface area (Å²) in [6, 6.07) is 17.2. The number of nitrogens with zero attached hydrogens (tertiary/aromatic N) is 2. The molecule has 172 valence electrons. The Labute approximate surface area is 190 Å². The predicted octanol–water partition coefficient (Wildman–Crippen LogP) is 6.56. The number of ether oxygens (including phenoxy) is 1. The molecule has 5 rings (SSSR count). The van der Waals surface area contributed by atoms with Crippen molar-refractivity contribution >= 4 is 10.9 Å². The molecule has 5 aromatic rings. The molecule has 0 radical (unpaired) electrons. The van der Waals surface area contributed by atoms with Gasteiger partial charge < -0.3 is 9.84 Å². The number of methoxy groups -OCH3 is 1. The van der Waals surface area contributed by atoms with Gasteiger partial charge in [-0.25, -0.2) is 4.39 Å². The molecule has 0 atom stereocenters. The fraction of sp³-hybridized carbons (Fsp3) is 0.0800. The third-order valence-corrected chi connectivity index (χ3v) is 5.60. The maximum absolute atomic E-state index is 13.7. The molecule has 2 aromatic heterocycles. The summed E-state index contributed by atoms with van der Waals surface area (Å²) in [7, 11) is 1.55. The molecule has 0 aliphatic heterocycles. The molecule has 0 fully saturated rings. The summed E-state index contributed by atoms with van der Waals surface area (Å²) in [5.74, 6) is -0.0276. The Kier molecular flexibility index (Phi) is 5.04. The van der Waals surface area contributed by atoms with Gasteiger partial charge in [0.25, 0.3) is 0 Å². The van der Waals surface area contributed by atoms with Gasteiger partial charge in [0.1, 0.15) is 22.8 Å². The summed E-state index contributed by atoms with van der Waals surface area (Å²) in [6.07, 6.45) is -4.49. The van der Waals surface area contributed by atoms with Crippen molar-refractivity contribution in [3.63, 3.8) is 0 Å². The van der Waals surface area contributed by atoms with Gasteiger partial charge in [0, 0.05) is 11.3 Å². The minimum absolute atomic E-state index is 0.235. The van der Waals surface area contributed by atoms with Crippen LogP contribution in [0.4, 0.5) is 17.6 Å². The van der Waals surface area contributed by atoms with Crippen molar-refractivity contribution in [3.05, 3.63) is 84.2 Å². The van der Waals surface area contributed by atoms with Crippen molar-refractivity contribution in [2.45, 2.75) is 6.18 Å². The predicted molar refractivity (Wildman–Crippen MR) is 119 cm³/mol. The van der Waals surface area contributed by atoms with Crippen molar-refractivity contribution in [1.82, 2.24) is 14.8 Å². The molecule has 0 amide bonds. The first-order valence-electron chi connectivity index (χ1n) is 10.2. The summed E-state index contributed by atoms with van der Waals surface area (Å²) in [6.45, 7) is 0. The molecule has 34 heavy (non-hydrogen) atoms. The van der Waals surface area contributed by atoms with E-state index in [-0.39, 0.29) is 5.88 Å². The van der Waals surface area contributed by atoms with E-state index in [0.29, 0.717) is 39.3 Å². The van der Waals surface area contributed by atoms with Gasteiger partial charge in [-0.15, -0.1) is 0 Å². The smallest absolute Gasteiger partial charge is 0.416 e. The summed E-state index contributed by atoms with van der Waals surface area (Å²) in [5.41, 5.74) is 2.02. The number of nitrogens with one attached hydrogen (secondary N) is 1. The number of aromatic hydroxyl groups is 1. The molecule has 2 heterocycles. The van der Waals surface area contributed by atoms with Crippen molar-refractivity contribution < 1.29 is 27.4 Å². The molecule has 5 nitrogen and oxygen atoms in total. The number of fused-ring (bicyclic) bond motifs is 1. The van der Waals surface area contributed by atoms with Gasteiger partial charge in [0.05, 0.1) is 23.8 Å². The zero-order chi connectivity index (χ0) is 24.0. The van der Waals surface area contributed by atoms with Crippen LogP contribution in [0.1, 0.15) is 5.56 Å². The van der Waals surface area contributed by atoms with Gasteiger partial charge in [-0.05, 0) is 78.4 Å². The van der Waals surface area contributed by atoms with Gasteiger partial charge in [-0.2, -0.15) is 18.3 Å². The molecule has 0 saturated carbocycles. The Balaban J connectivity index is 1.78. The molecule has 0 saturated heterocycles. The number of hydrogen-bond acceptors (Lipinski definition) is 3. The summed E-state index contributed by atoms with van der Waals surface area (Å²) >= 11 is 0. The Morgan fingerprint density at radius 1 is 0.882 bits per heavy atom. The van der Waals surface area contributed by atoms with Gasteiger partial charge in [-0.1, -0.05) is 0 Å². The Morgan fingerprint density at radius 2 is 1.50 bits per heavy atom. The van der Waals surface area contributed by atoms with E-state index in [1.165, 1.54) is 41.0 Å². The van der Waals surface area contributed by atoms with E-state index in [4.69, 9.17) is 4.74 Å². The average molecular weight is 467 g/mol. The van der Waals surface area contributed by atoms with E-state index in [9.17, 15) is 22.7 Å². The minimum Gasteiger partial charge on any atom is -0.497 e. The zero-order valence-corrected chi connectivity index (χ0v) is 17.7. The van der Waals surface area contributed by atoms with E-state index >= 15 is 0 Å². The van der Waals surface area contributed by atoms with Crippen LogP contribution in [-0.4, -0.2) is 27.0 Å². The van der Waals surface area contributed by atoms with Crippen molar-refractivity contribution in [3.8, 4) is 39.8 Å². The molecule has 0 aliphatic rings. The van der Waals surface area contributed by atoms with E-state index in [2.05, 4.69) is 10.2 Å². The number of aromatic amines is 1. The number of aromatic nitrogens is 3. The molecular weight excluding hydrogens is 450 g/mol. The van der Waals surface area contributed by atoms with Gasteiger partial charge in [0.15, 0.2) is 0 Å². The van der Waals surface area contributed by atoms with E-state index < -0.39 is 17.6 Å². The summed E-state index contributed by atoms with van der Waals surface area (Å²) in [5, 5.41) is 18.8. The molecule has 0 aliphatic carbocycles. The molecule has 9 heteroatoms. The van der Waals surface area contributed by atoms with Gasteiger partial charge in [-0.3, -0.25) is 9.67 Å². The monoisotopic (exact) mass is 467 g/mol. The second-order valence-electron chi connectivity index (χ2n) is 7.61. The number of halogens is 4. The standard InChI is InChI=1S/C25H17F4N3O2/c1-34-19-12-4-14(5-13-19)21-20-22(31-30-21)24(33)32(23(20)15-2-8-17(26)9-3-15)18-10-6-16(7-11-18)25(27,28)29/h2-13,31,33H,1H3. The molecule has 2 N–H and O–H groups in total. The van der Waals surface area contributed by atoms with Crippen LogP contribution in [0.25, 0.3) is 39.1 Å². The lowest BCUT2D eigenvalue weighted by Gasteiger charge is -2.13. The van der Waals surface area contributed by atoms with Crippen LogP contribution < -0.4 is 4.74 Å². The van der Waals surface area contributed by atoms with E-state index in [1.54, 1.807) is 31.4 Å². The highest BCUT2D eigenvalue weighted by molar-refractivity contribution is 6.07. The first kappa shape index (κ1) is 21.6. The van der Waals surface area contributed by atoms with Crippen LogP contribution >= 0.6 is 0 Å². The maximum Gasteiger partial charge on any atom is 0.416 e. The highest BCUT2D eigenvalue weighted by Crippen LogP contribution is 2.44. The van der Waals surface area contributed by atoms with Crippen LogP contribution in [0, 0.1) is 5.82 Å². The molecule has 3 aromatic carbocycles. The van der Waals surface area contributed by atoms with Gasteiger partial charge >= 0.3 is 6.18 Å². The zero-order valence-electron chi connectivity index (χ0n) is 17.7. The van der Waals surface area contributed by atoms with Crippen LogP contribution in [0.15, 0.2) is 72.8 Å². The average Bonchev–Trinajstić information content (AvgIpc) is 3.38. The van der Waals surface area contributed by atoms with Gasteiger partial charge in [0.2, 0.25) is 5.88 Å². The van der Waals surface area contributed by atoms with E-state index in [1.807, 2.05) is 0 Å². The number of H-pyrrole nitrogens is 1. The number of alkyl halides is 3. The second kappa shape index (κ2) is 7.95. The molecule has 0 unspecified atom stereocenters. The molecule has 0 spiro atoms. The fourth-order valence-electron chi connectivity index (χ4n) is 3.95. The quantitative estimate of drug-likeness (QED) is 0.294. The first-order valence-corrected chi connectivity index (χ1v) is 10.2.